The van der Waals surface area contributed by atoms with Gasteiger partial charge in [-0.05, 0) is 36.9 Å². The number of piperidine rings is 1. The van der Waals surface area contributed by atoms with Gasteiger partial charge in [0.1, 0.15) is 5.82 Å². The van der Waals surface area contributed by atoms with E-state index in [4.69, 9.17) is 5.73 Å². The third kappa shape index (κ3) is 4.06. The summed E-state index contributed by atoms with van der Waals surface area (Å²) >= 11 is 0. The molecule has 2 rings (SSSR count). The number of benzene rings is 1. The molecule has 3 heteroatoms. The largest absolute Gasteiger partial charge is 0.320 e. The molecule has 1 fully saturated rings. The molecule has 1 aliphatic heterocycles. The first-order valence-electron chi connectivity index (χ1n) is 7.20. The van der Waals surface area contributed by atoms with Crippen molar-refractivity contribution in [2.24, 2.45) is 11.1 Å². The highest BCUT2D eigenvalue weighted by molar-refractivity contribution is 5.37. The Morgan fingerprint density at radius 2 is 2.20 bits per heavy atom. The lowest BCUT2D eigenvalue weighted by atomic mass is 9.84. The lowest BCUT2D eigenvalue weighted by Crippen LogP contribution is -2.39. The van der Waals surface area contributed by atoms with E-state index in [9.17, 15) is 4.39 Å². The van der Waals surface area contributed by atoms with Gasteiger partial charge in [-0.2, -0.15) is 0 Å². The fraction of sp³-hybridized carbons (Fsp3) is 0.529. The molecule has 0 bridgehead atoms. The van der Waals surface area contributed by atoms with Crippen molar-refractivity contribution in [3.8, 4) is 11.8 Å². The second-order valence-corrected chi connectivity index (χ2v) is 6.29. The SMILES string of the molecule is CC1(C)CCCN(Cc2ccc(C#CCN)cc2F)C1. The number of halogens is 1. The van der Waals surface area contributed by atoms with Gasteiger partial charge in [-0.1, -0.05) is 31.8 Å². The molecule has 2 nitrogen and oxygen atoms in total. The fourth-order valence-corrected chi connectivity index (χ4v) is 2.83. The molecular formula is C17H23FN2. The Labute approximate surface area is 121 Å². The third-order valence-corrected chi connectivity index (χ3v) is 3.76. The summed E-state index contributed by atoms with van der Waals surface area (Å²) in [7, 11) is 0. The monoisotopic (exact) mass is 274 g/mol. The van der Waals surface area contributed by atoms with E-state index in [1.54, 1.807) is 0 Å². The van der Waals surface area contributed by atoms with Gasteiger partial charge >= 0.3 is 0 Å². The van der Waals surface area contributed by atoms with Crippen molar-refractivity contribution in [2.75, 3.05) is 19.6 Å². The Kier molecular flexibility index (Phi) is 4.80. The maximum atomic E-state index is 14.1. The molecule has 20 heavy (non-hydrogen) atoms. The van der Waals surface area contributed by atoms with E-state index in [0.717, 1.165) is 18.7 Å². The van der Waals surface area contributed by atoms with Gasteiger partial charge in [0.15, 0.2) is 0 Å². The normalized spacial score (nSPS) is 18.4. The maximum absolute atomic E-state index is 14.1. The van der Waals surface area contributed by atoms with Crippen LogP contribution in [0, 0.1) is 23.1 Å². The summed E-state index contributed by atoms with van der Waals surface area (Å²) in [4.78, 5) is 2.34. The number of nitrogens with zero attached hydrogens (tertiary/aromatic N) is 1. The summed E-state index contributed by atoms with van der Waals surface area (Å²) in [5.41, 5.74) is 7.10. The molecule has 1 saturated heterocycles. The maximum Gasteiger partial charge on any atom is 0.128 e. The molecule has 0 aromatic heterocycles. The number of hydrogen-bond donors (Lipinski definition) is 1. The second-order valence-electron chi connectivity index (χ2n) is 6.29. The molecule has 1 heterocycles. The Balaban J connectivity index is 2.06. The molecular weight excluding hydrogens is 251 g/mol. The van der Waals surface area contributed by atoms with E-state index in [1.165, 1.54) is 18.9 Å². The first-order chi connectivity index (χ1) is 9.50. The van der Waals surface area contributed by atoms with Crippen LogP contribution in [0.1, 0.15) is 37.8 Å². The van der Waals surface area contributed by atoms with Crippen LogP contribution < -0.4 is 5.73 Å². The lowest BCUT2D eigenvalue weighted by Gasteiger charge is -2.38. The standard InChI is InChI=1S/C17H23FN2/c1-17(2)8-4-10-20(13-17)12-15-7-6-14(5-3-9-19)11-16(15)18/h6-7,11H,4,8-10,12-13,19H2,1-2H3. The van der Waals surface area contributed by atoms with Gasteiger partial charge in [0.25, 0.3) is 0 Å². The van der Waals surface area contributed by atoms with Crippen molar-refractivity contribution in [3.05, 3.63) is 35.1 Å². The summed E-state index contributed by atoms with van der Waals surface area (Å²) < 4.78 is 14.1. The molecule has 1 aromatic carbocycles. The van der Waals surface area contributed by atoms with Gasteiger partial charge in [0.05, 0.1) is 6.54 Å². The van der Waals surface area contributed by atoms with Crippen LogP contribution in [0.25, 0.3) is 0 Å². The molecule has 0 saturated carbocycles. The van der Waals surface area contributed by atoms with Crippen molar-refractivity contribution in [3.63, 3.8) is 0 Å². The van der Waals surface area contributed by atoms with Crippen LogP contribution in [0.3, 0.4) is 0 Å². The Morgan fingerprint density at radius 1 is 1.40 bits per heavy atom. The van der Waals surface area contributed by atoms with Crippen molar-refractivity contribution in [2.45, 2.75) is 33.2 Å². The Bertz CT molecular complexity index is 526. The second kappa shape index (κ2) is 6.39. The molecule has 0 unspecified atom stereocenters. The van der Waals surface area contributed by atoms with E-state index in [0.29, 0.717) is 24.1 Å². The zero-order valence-corrected chi connectivity index (χ0v) is 12.4. The first-order valence-corrected chi connectivity index (χ1v) is 7.20. The molecule has 2 N–H and O–H groups in total. The number of likely N-dealkylation sites (tertiary alicyclic amines) is 1. The summed E-state index contributed by atoms with van der Waals surface area (Å²) in [5.74, 6) is 5.44. The van der Waals surface area contributed by atoms with Crippen LogP contribution in [0.5, 0.6) is 0 Å². The summed E-state index contributed by atoms with van der Waals surface area (Å²) in [6, 6.07) is 5.22. The van der Waals surface area contributed by atoms with Gasteiger partial charge in [-0.25, -0.2) is 4.39 Å². The molecule has 0 radical (unpaired) electrons. The van der Waals surface area contributed by atoms with Crippen molar-refractivity contribution in [1.82, 2.24) is 4.90 Å². The summed E-state index contributed by atoms with van der Waals surface area (Å²) in [6.45, 7) is 7.62. The van der Waals surface area contributed by atoms with Crippen LogP contribution in [-0.2, 0) is 6.54 Å². The van der Waals surface area contributed by atoms with Gasteiger partial charge < -0.3 is 5.73 Å². The predicted molar refractivity (Wildman–Crippen MR) is 80.6 cm³/mol. The molecule has 0 aliphatic carbocycles. The van der Waals surface area contributed by atoms with E-state index < -0.39 is 0 Å². The van der Waals surface area contributed by atoms with Gasteiger partial charge in [-0.3, -0.25) is 4.90 Å². The quantitative estimate of drug-likeness (QED) is 0.840. The van der Waals surface area contributed by atoms with Gasteiger partial charge in [0, 0.05) is 24.2 Å². The highest BCUT2D eigenvalue weighted by Gasteiger charge is 2.26. The molecule has 0 spiro atoms. The minimum absolute atomic E-state index is 0.169. The number of nitrogens with two attached hydrogens (primary N) is 1. The highest BCUT2D eigenvalue weighted by atomic mass is 19.1. The smallest absolute Gasteiger partial charge is 0.128 e. The molecule has 108 valence electrons. The number of hydrogen-bond acceptors (Lipinski definition) is 2. The third-order valence-electron chi connectivity index (χ3n) is 3.76. The molecule has 0 amide bonds. The first kappa shape index (κ1) is 15.0. The van der Waals surface area contributed by atoms with Gasteiger partial charge in [0.2, 0.25) is 0 Å². The Morgan fingerprint density at radius 3 is 2.85 bits per heavy atom. The number of rotatable bonds is 2. The predicted octanol–water partition coefficient (Wildman–Crippen LogP) is 2.76. The molecule has 1 aliphatic rings. The van der Waals surface area contributed by atoms with Crippen molar-refractivity contribution in [1.29, 1.82) is 0 Å². The fourth-order valence-electron chi connectivity index (χ4n) is 2.83. The minimum atomic E-state index is -0.169. The van der Waals surface area contributed by atoms with Crippen LogP contribution in [0.4, 0.5) is 4.39 Å². The molecule has 0 atom stereocenters. The van der Waals surface area contributed by atoms with E-state index in [1.807, 2.05) is 12.1 Å². The van der Waals surface area contributed by atoms with E-state index in [-0.39, 0.29) is 5.82 Å². The average Bonchev–Trinajstić information content (AvgIpc) is 2.38. The highest BCUT2D eigenvalue weighted by Crippen LogP contribution is 2.29. The Hall–Kier alpha value is -1.37. The van der Waals surface area contributed by atoms with Crippen LogP contribution in [-0.4, -0.2) is 24.5 Å². The van der Waals surface area contributed by atoms with Crippen LogP contribution in [0.15, 0.2) is 18.2 Å². The lowest BCUT2D eigenvalue weighted by molar-refractivity contribution is 0.110. The molecule has 1 aromatic rings. The van der Waals surface area contributed by atoms with Crippen molar-refractivity contribution < 1.29 is 4.39 Å². The summed E-state index contributed by atoms with van der Waals surface area (Å²) in [6.07, 6.45) is 2.44. The van der Waals surface area contributed by atoms with E-state index in [2.05, 4.69) is 30.6 Å². The zero-order valence-electron chi connectivity index (χ0n) is 12.4. The summed E-state index contributed by atoms with van der Waals surface area (Å²) in [5, 5.41) is 0. The van der Waals surface area contributed by atoms with Crippen LogP contribution in [0.2, 0.25) is 0 Å². The van der Waals surface area contributed by atoms with Crippen LogP contribution >= 0.6 is 0 Å². The van der Waals surface area contributed by atoms with Crippen molar-refractivity contribution >= 4 is 0 Å². The average molecular weight is 274 g/mol. The topological polar surface area (TPSA) is 29.3 Å². The zero-order chi connectivity index (χ0) is 14.6. The minimum Gasteiger partial charge on any atom is -0.320 e. The van der Waals surface area contributed by atoms with Gasteiger partial charge in [-0.15, -0.1) is 0 Å². The van der Waals surface area contributed by atoms with E-state index >= 15 is 0 Å².